The zero-order chi connectivity index (χ0) is 17.3. The van der Waals surface area contributed by atoms with Crippen molar-refractivity contribution in [2.45, 2.75) is 25.7 Å². The molecule has 1 aromatic rings. The predicted octanol–water partition coefficient (Wildman–Crippen LogP) is 2.55. The van der Waals surface area contributed by atoms with E-state index in [1.807, 2.05) is 0 Å². The lowest BCUT2D eigenvalue weighted by atomic mass is 9.96. The molecule has 27 heavy (non-hydrogen) atoms. The van der Waals surface area contributed by atoms with Crippen LogP contribution in [0.1, 0.15) is 25.7 Å². The molecule has 2 heterocycles. The van der Waals surface area contributed by atoms with E-state index >= 15 is 0 Å². The number of hydrogen-bond acceptors (Lipinski definition) is 4. The summed E-state index contributed by atoms with van der Waals surface area (Å²) in [6.45, 7) is 8.13. The Morgan fingerprint density at radius 3 is 2.52 bits per heavy atom. The molecule has 1 amide bonds. The molecule has 2 N–H and O–H groups in total. The fourth-order valence-electron chi connectivity index (χ4n) is 3.80. The number of nitrogens with one attached hydrogen (secondary N) is 2. The van der Waals surface area contributed by atoms with Crippen LogP contribution in [0.25, 0.3) is 0 Å². The average Bonchev–Trinajstić information content (AvgIpc) is 2.68. The Kier molecular flexibility index (Phi) is 11.8. The number of para-hydroxylation sites is 1. The van der Waals surface area contributed by atoms with Crippen LogP contribution in [0.15, 0.2) is 30.3 Å². The molecular weight excluding hydrogens is 383 g/mol. The van der Waals surface area contributed by atoms with Crippen molar-refractivity contribution in [2.75, 3.05) is 57.3 Å². The summed E-state index contributed by atoms with van der Waals surface area (Å²) >= 11 is 0. The monoisotopic (exact) mass is 416 g/mol. The number of carbonyl (C=O) groups is 1. The normalized spacial score (nSPS) is 20.3. The minimum absolute atomic E-state index is 0. The molecule has 2 aliphatic rings. The first-order chi connectivity index (χ1) is 12.3. The van der Waals surface area contributed by atoms with Crippen molar-refractivity contribution >= 4 is 36.4 Å². The number of amides is 1. The molecule has 2 fully saturated rings. The Balaban J connectivity index is 0.00000182. The van der Waals surface area contributed by atoms with Gasteiger partial charge in [-0.3, -0.25) is 9.69 Å². The number of piperazine rings is 1. The zero-order valence-electron chi connectivity index (χ0n) is 16.1. The average molecular weight is 417 g/mol. The minimum Gasteiger partial charge on any atom is -0.369 e. The molecule has 0 spiro atoms. The van der Waals surface area contributed by atoms with E-state index in [0.29, 0.717) is 6.42 Å². The Labute approximate surface area is 176 Å². The number of piperidine rings is 1. The predicted molar refractivity (Wildman–Crippen MR) is 117 cm³/mol. The van der Waals surface area contributed by atoms with Crippen LogP contribution >= 0.6 is 24.8 Å². The third-order valence-corrected chi connectivity index (χ3v) is 5.42. The fraction of sp³-hybridized carbons (Fsp3) is 0.650. The summed E-state index contributed by atoms with van der Waals surface area (Å²) in [5.74, 6) is 0.939. The van der Waals surface area contributed by atoms with Gasteiger partial charge in [0.1, 0.15) is 0 Å². The smallest absolute Gasteiger partial charge is 0.221 e. The van der Waals surface area contributed by atoms with E-state index in [9.17, 15) is 4.79 Å². The van der Waals surface area contributed by atoms with E-state index in [2.05, 4.69) is 50.8 Å². The number of carbonyl (C=O) groups excluding carboxylic acids is 1. The molecule has 1 atom stereocenters. The maximum Gasteiger partial charge on any atom is 0.221 e. The highest BCUT2D eigenvalue weighted by Crippen LogP contribution is 2.15. The van der Waals surface area contributed by atoms with Gasteiger partial charge in [-0.15, -0.1) is 24.8 Å². The molecule has 3 rings (SSSR count). The van der Waals surface area contributed by atoms with Crippen molar-refractivity contribution in [3.05, 3.63) is 30.3 Å². The highest BCUT2D eigenvalue weighted by atomic mass is 35.5. The van der Waals surface area contributed by atoms with Gasteiger partial charge in [0, 0.05) is 51.4 Å². The van der Waals surface area contributed by atoms with Crippen LogP contribution in [0.5, 0.6) is 0 Å². The molecule has 0 radical (unpaired) electrons. The molecule has 0 aliphatic carbocycles. The van der Waals surface area contributed by atoms with Crippen molar-refractivity contribution in [2.24, 2.45) is 5.92 Å². The van der Waals surface area contributed by atoms with Crippen molar-refractivity contribution in [3.63, 3.8) is 0 Å². The van der Waals surface area contributed by atoms with Gasteiger partial charge >= 0.3 is 0 Å². The van der Waals surface area contributed by atoms with Crippen LogP contribution in [0, 0.1) is 5.92 Å². The van der Waals surface area contributed by atoms with Crippen LogP contribution in [-0.2, 0) is 4.79 Å². The second kappa shape index (κ2) is 13.2. The number of rotatable bonds is 7. The van der Waals surface area contributed by atoms with Gasteiger partial charge in [-0.05, 0) is 50.4 Å². The van der Waals surface area contributed by atoms with Gasteiger partial charge < -0.3 is 15.5 Å². The molecule has 0 aromatic heterocycles. The molecule has 7 heteroatoms. The highest BCUT2D eigenvalue weighted by Gasteiger charge is 2.18. The van der Waals surface area contributed by atoms with E-state index < -0.39 is 0 Å². The first-order valence-corrected chi connectivity index (χ1v) is 9.81. The number of anilines is 1. The molecule has 2 saturated heterocycles. The number of benzene rings is 1. The summed E-state index contributed by atoms with van der Waals surface area (Å²) in [4.78, 5) is 16.9. The summed E-state index contributed by atoms with van der Waals surface area (Å²) in [6.07, 6.45) is 4.30. The fourth-order valence-corrected chi connectivity index (χ4v) is 3.80. The van der Waals surface area contributed by atoms with E-state index in [4.69, 9.17) is 0 Å². The van der Waals surface area contributed by atoms with Gasteiger partial charge in [0.05, 0.1) is 0 Å². The molecule has 0 bridgehead atoms. The first kappa shape index (κ1) is 24.0. The Morgan fingerprint density at radius 1 is 1.11 bits per heavy atom. The Bertz CT molecular complexity index is 518. The summed E-state index contributed by atoms with van der Waals surface area (Å²) in [6, 6.07) is 10.6. The molecule has 154 valence electrons. The lowest BCUT2D eigenvalue weighted by Crippen LogP contribution is -2.47. The van der Waals surface area contributed by atoms with Crippen LogP contribution < -0.4 is 15.5 Å². The summed E-state index contributed by atoms with van der Waals surface area (Å²) in [5, 5.41) is 6.53. The molecular formula is C20H34Cl2N4O. The largest absolute Gasteiger partial charge is 0.369 e. The van der Waals surface area contributed by atoms with Gasteiger partial charge in [-0.1, -0.05) is 18.2 Å². The first-order valence-electron chi connectivity index (χ1n) is 9.81. The highest BCUT2D eigenvalue weighted by molar-refractivity contribution is 5.85. The third kappa shape index (κ3) is 8.26. The van der Waals surface area contributed by atoms with Crippen LogP contribution in [0.3, 0.4) is 0 Å². The van der Waals surface area contributed by atoms with Gasteiger partial charge in [0.2, 0.25) is 5.91 Å². The minimum atomic E-state index is 0. The van der Waals surface area contributed by atoms with E-state index in [1.165, 1.54) is 18.5 Å². The van der Waals surface area contributed by atoms with Gasteiger partial charge in [0.15, 0.2) is 0 Å². The molecule has 1 aromatic carbocycles. The lowest BCUT2D eigenvalue weighted by molar-refractivity contribution is -0.121. The molecule has 1 unspecified atom stereocenters. The molecule has 2 aliphatic heterocycles. The van der Waals surface area contributed by atoms with Crippen molar-refractivity contribution in [1.82, 2.24) is 15.5 Å². The van der Waals surface area contributed by atoms with Crippen LogP contribution in [-0.4, -0.2) is 63.2 Å². The molecule has 5 nitrogen and oxygen atoms in total. The van der Waals surface area contributed by atoms with Crippen molar-refractivity contribution in [1.29, 1.82) is 0 Å². The number of nitrogens with zero attached hydrogens (tertiary/aromatic N) is 2. The molecule has 0 saturated carbocycles. The van der Waals surface area contributed by atoms with Gasteiger partial charge in [0.25, 0.3) is 0 Å². The Morgan fingerprint density at radius 2 is 1.85 bits per heavy atom. The van der Waals surface area contributed by atoms with Gasteiger partial charge in [-0.25, -0.2) is 0 Å². The number of halogens is 2. The second-order valence-electron chi connectivity index (χ2n) is 7.27. The van der Waals surface area contributed by atoms with E-state index in [0.717, 1.165) is 64.7 Å². The topological polar surface area (TPSA) is 47.6 Å². The third-order valence-electron chi connectivity index (χ3n) is 5.42. The summed E-state index contributed by atoms with van der Waals surface area (Å²) < 4.78 is 0. The summed E-state index contributed by atoms with van der Waals surface area (Å²) in [5.41, 5.74) is 1.30. The summed E-state index contributed by atoms with van der Waals surface area (Å²) in [7, 11) is 0. The maximum atomic E-state index is 12.0. The quantitative estimate of drug-likeness (QED) is 0.716. The SMILES string of the molecule is Cl.Cl.O=C(CCN1CCN(c2ccccc2)CC1)NCCC1CCCNC1. The maximum absolute atomic E-state index is 12.0. The standard InChI is InChI=1S/C20H32N4O.2ClH/c25-20(22-11-8-18-5-4-10-21-17-18)9-12-23-13-15-24(16-14-23)19-6-2-1-3-7-19;;/h1-3,6-7,18,21H,4-5,8-17H2,(H,22,25);2*1H. The number of hydrogen-bond donors (Lipinski definition) is 2. The van der Waals surface area contributed by atoms with Crippen molar-refractivity contribution < 1.29 is 4.79 Å². The van der Waals surface area contributed by atoms with Gasteiger partial charge in [-0.2, -0.15) is 0 Å². The van der Waals surface area contributed by atoms with Crippen LogP contribution in [0.4, 0.5) is 5.69 Å². The van der Waals surface area contributed by atoms with E-state index in [1.54, 1.807) is 0 Å². The lowest BCUT2D eigenvalue weighted by Gasteiger charge is -2.36. The van der Waals surface area contributed by atoms with E-state index in [-0.39, 0.29) is 30.7 Å². The Hall–Kier alpha value is -1.01. The zero-order valence-corrected chi connectivity index (χ0v) is 17.7. The second-order valence-corrected chi connectivity index (χ2v) is 7.27. The van der Waals surface area contributed by atoms with Crippen molar-refractivity contribution in [3.8, 4) is 0 Å². The van der Waals surface area contributed by atoms with Crippen LogP contribution in [0.2, 0.25) is 0 Å².